The van der Waals surface area contributed by atoms with E-state index in [1.165, 1.54) is 29.8 Å². The number of carbonyl (C=O) groups excluding carboxylic acids is 1. The number of esters is 1. The van der Waals surface area contributed by atoms with Crippen molar-refractivity contribution >= 4 is 50.7 Å². The SMILES string of the molecule is COCCOCCOCCOCCOCCOCC1(c2nccc(COc3ccc4cc3C[C@H](C(=O)OC(C)(C)C)Oc3ncnc5sc(-c6ccc(F)cc6)c(c35)-c3c(C)c(Cl)c(c(Cl)c3C)O[C@H](CN3CCN(C)CC3)CO4)n2)CCC1. The van der Waals surface area contributed by atoms with Crippen LogP contribution >= 0.6 is 34.5 Å². The molecule has 1 saturated heterocycles. The lowest BCUT2D eigenvalue weighted by Crippen LogP contribution is -2.49. The van der Waals surface area contributed by atoms with Gasteiger partial charge in [0, 0.05) is 68.5 Å². The molecule has 22 heteroatoms. The summed E-state index contributed by atoms with van der Waals surface area (Å²) in [7, 11) is 3.76. The fraction of sp³-hybridized carbons (Fsp3) is 0.532. The quantitative estimate of drug-likeness (QED) is 0.0390. The number of benzene rings is 3. The van der Waals surface area contributed by atoms with Gasteiger partial charge in [0.25, 0.3) is 0 Å². The molecule has 0 spiro atoms. The van der Waals surface area contributed by atoms with E-state index in [1.54, 1.807) is 46.2 Å². The van der Waals surface area contributed by atoms with E-state index in [1.807, 2.05) is 38.1 Å². The van der Waals surface area contributed by atoms with Crippen molar-refractivity contribution in [3.8, 4) is 44.7 Å². The molecule has 3 aromatic heterocycles. The molecule has 2 atom stereocenters. The van der Waals surface area contributed by atoms with E-state index in [9.17, 15) is 9.18 Å². The Balaban J connectivity index is 0.981. The van der Waals surface area contributed by atoms with Crippen molar-refractivity contribution in [1.29, 1.82) is 0 Å². The van der Waals surface area contributed by atoms with E-state index >= 15 is 0 Å². The number of halogens is 3. The second kappa shape index (κ2) is 29.8. The molecule has 0 unspecified atom stereocenters. The summed E-state index contributed by atoms with van der Waals surface area (Å²) in [6.07, 6.45) is 4.11. The molecule has 0 amide bonds. The Morgan fingerprint density at radius 1 is 0.810 bits per heavy atom. The van der Waals surface area contributed by atoms with Gasteiger partial charge in [0.2, 0.25) is 12.0 Å². The van der Waals surface area contributed by atoms with Gasteiger partial charge in [0.1, 0.15) is 59.2 Å². The topological polar surface area (TPSA) is 177 Å². The average molecular weight is 1220 g/mol. The van der Waals surface area contributed by atoms with Gasteiger partial charge in [-0.15, -0.1) is 11.3 Å². The summed E-state index contributed by atoms with van der Waals surface area (Å²) < 4.78 is 81.4. The van der Waals surface area contributed by atoms with E-state index in [2.05, 4.69) is 16.8 Å². The van der Waals surface area contributed by atoms with Crippen LogP contribution in [-0.2, 0) is 56.4 Å². The molecular weight excluding hydrogens is 1140 g/mol. The minimum absolute atomic E-state index is 0.0316. The molecule has 10 rings (SSSR count). The van der Waals surface area contributed by atoms with Crippen LogP contribution in [0.2, 0.25) is 10.0 Å². The first-order valence-electron chi connectivity index (χ1n) is 28.7. The van der Waals surface area contributed by atoms with Crippen LogP contribution in [0.25, 0.3) is 31.8 Å². The minimum atomic E-state index is -1.28. The highest BCUT2D eigenvalue weighted by molar-refractivity contribution is 7.22. The summed E-state index contributed by atoms with van der Waals surface area (Å²) >= 11 is 16.3. The van der Waals surface area contributed by atoms with Gasteiger partial charge in [-0.2, -0.15) is 0 Å². The Kier molecular flexibility index (Phi) is 22.4. The lowest BCUT2D eigenvalue weighted by Gasteiger charge is -2.40. The summed E-state index contributed by atoms with van der Waals surface area (Å²) in [5, 5.41) is 1.13. The number of hydrogen-bond acceptors (Lipinski definition) is 19. The third-order valence-electron chi connectivity index (χ3n) is 14.9. The standard InChI is InChI=1S/C62H77Cl2FN6O12S/c1-40-50-41(2)54(64)55(53(40)63)81-47(35-71-21-19-70(6)20-22-71)37-79-46-13-14-48(80-36-45-15-18-66-60(69-45)62(16-8-17-62)38-78-32-31-77-30-29-76-28-27-75-26-25-74-24-23-73-7)43(33-46)34-49(59(72)83-61(3,4)5)82-57-52-51(50)56(84-58(52)68-39-67-57)42-9-11-44(65)12-10-42/h9-15,18,33,39,47,49H,8,16-17,19-32,34-38H2,1-7H3/t47-,49-/m1/s1. The van der Waals surface area contributed by atoms with Crippen molar-refractivity contribution in [3.05, 3.63) is 105 Å². The van der Waals surface area contributed by atoms with Gasteiger partial charge in [-0.1, -0.05) is 41.8 Å². The molecule has 1 saturated carbocycles. The molecule has 4 bridgehead atoms. The van der Waals surface area contributed by atoms with E-state index < -0.39 is 23.8 Å². The molecule has 2 fully saturated rings. The fourth-order valence-electron chi connectivity index (χ4n) is 10.3. The third kappa shape index (κ3) is 16.4. The first-order valence-corrected chi connectivity index (χ1v) is 30.2. The number of nitrogens with zero attached hydrogens (tertiary/aromatic N) is 6. The number of hydrogen-bond donors (Lipinski definition) is 0. The monoisotopic (exact) mass is 1220 g/mol. The molecule has 0 radical (unpaired) electrons. The maximum atomic E-state index is 14.7. The largest absolute Gasteiger partial charge is 0.490 e. The zero-order valence-electron chi connectivity index (χ0n) is 49.1. The maximum absolute atomic E-state index is 14.7. The molecule has 6 heterocycles. The number of rotatable bonds is 25. The number of fused-ring (bicyclic) bond motifs is 7. The maximum Gasteiger partial charge on any atom is 0.348 e. The second-order valence-electron chi connectivity index (χ2n) is 22.3. The molecule has 6 aromatic rings. The zero-order valence-corrected chi connectivity index (χ0v) is 51.4. The number of thiophene rings is 1. The van der Waals surface area contributed by atoms with Crippen LogP contribution in [-0.4, -0.2) is 180 Å². The molecule has 4 aliphatic rings. The summed E-state index contributed by atoms with van der Waals surface area (Å²) in [5.74, 6) is 1.08. The number of methoxy groups -OCH3 is 1. The summed E-state index contributed by atoms with van der Waals surface area (Å²) in [5.41, 5.74) is 3.43. The van der Waals surface area contributed by atoms with E-state index in [-0.39, 0.29) is 36.7 Å². The molecule has 0 N–H and O–H groups in total. The van der Waals surface area contributed by atoms with Crippen molar-refractivity contribution in [2.45, 2.75) is 90.1 Å². The third-order valence-corrected chi connectivity index (χ3v) is 17.0. The van der Waals surface area contributed by atoms with Gasteiger partial charge in [-0.3, -0.25) is 4.90 Å². The van der Waals surface area contributed by atoms with Crippen molar-refractivity contribution in [2.75, 3.05) is 126 Å². The molecule has 18 nitrogen and oxygen atoms in total. The van der Waals surface area contributed by atoms with Crippen molar-refractivity contribution in [2.24, 2.45) is 0 Å². The van der Waals surface area contributed by atoms with Gasteiger partial charge in [-0.25, -0.2) is 29.1 Å². The Labute approximate surface area is 505 Å². The summed E-state index contributed by atoms with van der Waals surface area (Å²) in [4.78, 5) is 39.9. The first kappa shape index (κ1) is 63.2. The van der Waals surface area contributed by atoms with E-state index in [4.69, 9.17) is 95.2 Å². The van der Waals surface area contributed by atoms with Crippen LogP contribution in [0.4, 0.5) is 4.39 Å². The van der Waals surface area contributed by atoms with Gasteiger partial charge in [0.05, 0.1) is 99.2 Å². The number of piperazine rings is 1. The smallest absolute Gasteiger partial charge is 0.348 e. The molecule has 454 valence electrons. The van der Waals surface area contributed by atoms with Crippen molar-refractivity contribution < 1.29 is 61.3 Å². The van der Waals surface area contributed by atoms with Crippen LogP contribution in [0.1, 0.15) is 68.2 Å². The Morgan fingerprint density at radius 3 is 2.10 bits per heavy atom. The highest BCUT2D eigenvalue weighted by Gasteiger charge is 2.42. The van der Waals surface area contributed by atoms with E-state index in [0.717, 1.165) is 50.3 Å². The predicted octanol–water partition coefficient (Wildman–Crippen LogP) is 10.3. The molecule has 1 aliphatic carbocycles. The van der Waals surface area contributed by atoms with Crippen molar-refractivity contribution in [3.63, 3.8) is 0 Å². The van der Waals surface area contributed by atoms with E-state index in [0.29, 0.717) is 162 Å². The minimum Gasteiger partial charge on any atom is -0.490 e. The second-order valence-corrected chi connectivity index (χ2v) is 24.1. The lowest BCUT2D eigenvalue weighted by molar-refractivity contribution is -0.163. The van der Waals surface area contributed by atoms with Crippen LogP contribution in [0.15, 0.2) is 61.1 Å². The number of carbonyl (C=O) groups is 1. The van der Waals surface area contributed by atoms with Gasteiger partial charge in [0.15, 0.2) is 5.75 Å². The predicted molar refractivity (Wildman–Crippen MR) is 320 cm³/mol. The van der Waals surface area contributed by atoms with Gasteiger partial charge < -0.3 is 57.0 Å². The van der Waals surface area contributed by atoms with Crippen LogP contribution in [0, 0.1) is 19.7 Å². The van der Waals surface area contributed by atoms with Gasteiger partial charge in [-0.05, 0) is 113 Å². The fourth-order valence-corrected chi connectivity index (χ4v) is 11.9. The zero-order chi connectivity index (χ0) is 59.2. The van der Waals surface area contributed by atoms with Crippen molar-refractivity contribution in [1.82, 2.24) is 29.7 Å². The Bertz CT molecular complexity index is 3110. The normalized spacial score (nSPS) is 17.5. The van der Waals surface area contributed by atoms with Crippen LogP contribution in [0.5, 0.6) is 23.1 Å². The van der Waals surface area contributed by atoms with Crippen LogP contribution in [0.3, 0.4) is 0 Å². The number of ether oxygens (including phenoxy) is 11. The molecule has 3 aromatic carbocycles. The first-order chi connectivity index (χ1) is 40.6. The van der Waals surface area contributed by atoms with Crippen LogP contribution < -0.4 is 18.9 Å². The highest BCUT2D eigenvalue weighted by Crippen LogP contribution is 2.53. The Hall–Kier alpha value is -5.36. The summed E-state index contributed by atoms with van der Waals surface area (Å²) in [6.45, 7) is 18.7. The summed E-state index contributed by atoms with van der Waals surface area (Å²) in [6, 6.07) is 13.6. The lowest BCUT2D eigenvalue weighted by atomic mass is 9.68. The van der Waals surface area contributed by atoms with Gasteiger partial charge >= 0.3 is 5.97 Å². The Morgan fingerprint density at radius 2 is 1.46 bits per heavy atom. The average Bonchev–Trinajstić information content (AvgIpc) is 2.06. The number of likely N-dealkylation sites (N-methyl/N-ethyl adjacent to an activating group) is 1. The highest BCUT2D eigenvalue weighted by atomic mass is 35.5. The molecule has 3 aliphatic heterocycles. The number of aromatic nitrogens is 4. The molecule has 84 heavy (non-hydrogen) atoms. The molecular formula is C62H77Cl2FN6O12S.